The van der Waals surface area contributed by atoms with E-state index >= 15 is 0 Å². The molecule has 13 nitrogen and oxygen atoms in total. The van der Waals surface area contributed by atoms with Crippen LogP contribution in [0.3, 0.4) is 0 Å². The second-order valence-corrected chi connectivity index (χ2v) is 12.8. The van der Waals surface area contributed by atoms with E-state index in [-0.39, 0.29) is 10.8 Å². The molecule has 0 bridgehead atoms. The molecule has 3 aliphatic rings. The minimum Gasteiger partial charge on any atom is -0.379 e. The Morgan fingerprint density at radius 3 is 2.36 bits per heavy atom. The van der Waals surface area contributed by atoms with Gasteiger partial charge in [0, 0.05) is 82.1 Å². The van der Waals surface area contributed by atoms with Crippen LogP contribution in [0, 0.1) is 6.92 Å². The first-order chi connectivity index (χ1) is 20.3. The molecule has 0 radical (unpaired) electrons. The first-order valence-electron chi connectivity index (χ1n) is 14.3. The van der Waals surface area contributed by atoms with Gasteiger partial charge in [-0.3, -0.25) is 4.90 Å². The Bertz CT molecular complexity index is 1530. The van der Waals surface area contributed by atoms with Gasteiger partial charge in [0.15, 0.2) is 0 Å². The summed E-state index contributed by atoms with van der Waals surface area (Å²) in [6.45, 7) is 9.35. The molecule has 2 saturated heterocycles. The van der Waals surface area contributed by atoms with Crippen LogP contribution in [-0.2, 0) is 25.9 Å². The maximum Gasteiger partial charge on any atom is 0.242 e. The third kappa shape index (κ3) is 5.77. The number of sulfonamides is 1. The average molecular weight is 596 g/mol. The molecule has 0 saturated carbocycles. The van der Waals surface area contributed by atoms with Gasteiger partial charge in [-0.1, -0.05) is 0 Å². The van der Waals surface area contributed by atoms with Crippen LogP contribution in [0.5, 0.6) is 0 Å². The number of likely N-dealkylation sites (N-methyl/N-ethyl adjacent to an activating group) is 1. The van der Waals surface area contributed by atoms with Crippen LogP contribution >= 0.6 is 0 Å². The number of nitrogen functional groups attached to an aromatic ring is 1. The van der Waals surface area contributed by atoms with Crippen molar-refractivity contribution in [2.75, 3.05) is 94.8 Å². The van der Waals surface area contributed by atoms with Crippen molar-refractivity contribution in [3.8, 4) is 11.3 Å². The van der Waals surface area contributed by atoms with Crippen molar-refractivity contribution in [1.29, 1.82) is 0 Å². The predicted octanol–water partition coefficient (Wildman–Crippen LogP) is 1.31. The summed E-state index contributed by atoms with van der Waals surface area (Å²) in [6, 6.07) is 5.34. The highest BCUT2D eigenvalue weighted by atomic mass is 32.2. The van der Waals surface area contributed by atoms with E-state index in [9.17, 15) is 8.42 Å². The molecule has 2 N–H and O–H groups in total. The summed E-state index contributed by atoms with van der Waals surface area (Å²) in [5.41, 5.74) is 10.1. The highest BCUT2D eigenvalue weighted by Crippen LogP contribution is 2.40. The number of rotatable bonds is 8. The Hall–Kier alpha value is -3.43. The largest absolute Gasteiger partial charge is 0.379 e. The molecule has 0 unspecified atom stereocenters. The van der Waals surface area contributed by atoms with Crippen molar-refractivity contribution in [2.24, 2.45) is 0 Å². The SMILES string of the molecule is Cc1cc(S(=O)(=O)N(C)CCN2CCOCC2)ccc1N1CCc2c(-c3cnc(N)nc3)nc(N3CCOCC3)nc21. The maximum absolute atomic E-state index is 13.4. The number of morpholine rings is 2. The van der Waals surface area contributed by atoms with Crippen LogP contribution in [0.1, 0.15) is 11.1 Å². The van der Waals surface area contributed by atoms with Gasteiger partial charge in [-0.25, -0.2) is 23.4 Å². The van der Waals surface area contributed by atoms with Crippen LogP contribution in [0.25, 0.3) is 11.3 Å². The lowest BCUT2D eigenvalue weighted by molar-refractivity contribution is 0.0368. The number of hydrogen-bond donors (Lipinski definition) is 1. The molecule has 0 aliphatic carbocycles. The molecule has 0 spiro atoms. The number of nitrogens with zero attached hydrogens (tertiary/aromatic N) is 8. The Kier molecular flexibility index (Phi) is 8.23. The second kappa shape index (κ2) is 12.1. The summed E-state index contributed by atoms with van der Waals surface area (Å²) in [5.74, 6) is 1.63. The average Bonchev–Trinajstić information content (AvgIpc) is 3.44. The first-order valence-corrected chi connectivity index (χ1v) is 15.7. The lowest BCUT2D eigenvalue weighted by atomic mass is 10.1. The molecule has 3 aromatic rings. The fourth-order valence-corrected chi connectivity index (χ4v) is 6.83. The third-order valence-electron chi connectivity index (χ3n) is 8.06. The van der Waals surface area contributed by atoms with Gasteiger partial charge in [0.2, 0.25) is 21.9 Å². The smallest absolute Gasteiger partial charge is 0.242 e. The second-order valence-electron chi connectivity index (χ2n) is 10.7. The zero-order chi connectivity index (χ0) is 29.3. The fraction of sp³-hybridized carbons (Fsp3) is 0.500. The Balaban J connectivity index is 1.29. The van der Waals surface area contributed by atoms with Gasteiger partial charge in [0.25, 0.3) is 0 Å². The molecule has 6 rings (SSSR count). The summed E-state index contributed by atoms with van der Waals surface area (Å²) in [4.78, 5) is 25.1. The van der Waals surface area contributed by atoms with E-state index < -0.39 is 10.0 Å². The van der Waals surface area contributed by atoms with E-state index in [1.807, 2.05) is 13.0 Å². The minimum atomic E-state index is -3.64. The monoisotopic (exact) mass is 595 g/mol. The molecule has 2 fully saturated rings. The molecule has 0 atom stereocenters. The zero-order valence-electron chi connectivity index (χ0n) is 24.1. The van der Waals surface area contributed by atoms with E-state index in [2.05, 4.69) is 24.7 Å². The van der Waals surface area contributed by atoms with Crippen LogP contribution in [0.2, 0.25) is 0 Å². The standard InChI is InChI=1S/C28H37N9O4S/c1-20-17-22(42(38,39)34(2)7-8-35-9-13-40-14-10-35)3-4-24(20)37-6-5-23-25(21-18-30-27(29)31-19-21)32-28(33-26(23)37)36-11-15-41-16-12-36/h3-4,17-19H,5-16H2,1-2H3,(H2,29,30,31). The van der Waals surface area contributed by atoms with Crippen molar-refractivity contribution in [2.45, 2.75) is 18.2 Å². The van der Waals surface area contributed by atoms with E-state index in [0.29, 0.717) is 65.1 Å². The number of aryl methyl sites for hydroxylation is 1. The lowest BCUT2D eigenvalue weighted by Crippen LogP contribution is -2.41. The molecular weight excluding hydrogens is 558 g/mol. The van der Waals surface area contributed by atoms with Gasteiger partial charge >= 0.3 is 0 Å². The molecule has 14 heteroatoms. The van der Waals surface area contributed by atoms with E-state index in [0.717, 1.165) is 53.4 Å². The van der Waals surface area contributed by atoms with Crippen LogP contribution in [-0.4, -0.2) is 117 Å². The first kappa shape index (κ1) is 28.7. The maximum atomic E-state index is 13.4. The summed E-state index contributed by atoms with van der Waals surface area (Å²) < 4.78 is 39.3. The number of hydrogen-bond acceptors (Lipinski definition) is 12. The van der Waals surface area contributed by atoms with Crippen molar-refractivity contribution >= 4 is 33.4 Å². The third-order valence-corrected chi connectivity index (χ3v) is 9.91. The molecule has 1 aromatic carbocycles. The van der Waals surface area contributed by atoms with E-state index in [4.69, 9.17) is 25.2 Å². The predicted molar refractivity (Wildman–Crippen MR) is 159 cm³/mol. The minimum absolute atomic E-state index is 0.205. The molecular formula is C28H37N9O4S. The van der Waals surface area contributed by atoms with E-state index in [1.54, 1.807) is 31.6 Å². The van der Waals surface area contributed by atoms with Gasteiger partial charge < -0.3 is 25.0 Å². The number of benzene rings is 1. The van der Waals surface area contributed by atoms with Crippen LogP contribution in [0.4, 0.5) is 23.4 Å². The van der Waals surface area contributed by atoms with Crippen molar-refractivity contribution in [3.63, 3.8) is 0 Å². The molecule has 42 heavy (non-hydrogen) atoms. The van der Waals surface area contributed by atoms with Gasteiger partial charge in [0.05, 0.1) is 37.0 Å². The Morgan fingerprint density at radius 2 is 1.67 bits per heavy atom. The van der Waals surface area contributed by atoms with Crippen molar-refractivity contribution < 1.29 is 17.9 Å². The number of nitrogens with two attached hydrogens (primary N) is 1. The highest BCUT2D eigenvalue weighted by Gasteiger charge is 2.31. The van der Waals surface area contributed by atoms with Gasteiger partial charge in [-0.05, 0) is 37.1 Å². The molecule has 0 amide bonds. The van der Waals surface area contributed by atoms with Gasteiger partial charge in [-0.15, -0.1) is 0 Å². The number of anilines is 4. The molecule has 2 aromatic heterocycles. The molecule has 3 aliphatic heterocycles. The zero-order valence-corrected chi connectivity index (χ0v) is 24.9. The summed E-state index contributed by atoms with van der Waals surface area (Å²) in [6.07, 6.45) is 4.11. The van der Waals surface area contributed by atoms with Crippen LogP contribution in [0.15, 0.2) is 35.5 Å². The van der Waals surface area contributed by atoms with Gasteiger partial charge in [-0.2, -0.15) is 9.29 Å². The normalized spacial score (nSPS) is 18.1. The summed E-state index contributed by atoms with van der Waals surface area (Å²) >= 11 is 0. The Morgan fingerprint density at radius 1 is 0.976 bits per heavy atom. The number of aromatic nitrogens is 4. The van der Waals surface area contributed by atoms with Crippen LogP contribution < -0.4 is 15.5 Å². The highest BCUT2D eigenvalue weighted by molar-refractivity contribution is 7.89. The fourth-order valence-electron chi connectivity index (χ4n) is 5.58. The summed E-state index contributed by atoms with van der Waals surface area (Å²) in [7, 11) is -2.00. The molecule has 224 valence electrons. The van der Waals surface area contributed by atoms with E-state index in [1.165, 1.54) is 4.31 Å². The molecule has 5 heterocycles. The quantitative estimate of drug-likeness (QED) is 0.401. The van der Waals surface area contributed by atoms with Gasteiger partial charge in [0.1, 0.15) is 5.82 Å². The van der Waals surface area contributed by atoms with Crippen molar-refractivity contribution in [3.05, 3.63) is 41.7 Å². The number of fused-ring (bicyclic) bond motifs is 1. The topological polar surface area (TPSA) is 143 Å². The lowest BCUT2D eigenvalue weighted by Gasteiger charge is -2.29. The van der Waals surface area contributed by atoms with Crippen molar-refractivity contribution in [1.82, 2.24) is 29.1 Å². The Labute approximate surface area is 246 Å². The summed E-state index contributed by atoms with van der Waals surface area (Å²) in [5, 5.41) is 0. The number of ether oxygens (including phenoxy) is 2.